The van der Waals surface area contributed by atoms with Gasteiger partial charge in [-0.25, -0.2) is 9.97 Å². The highest BCUT2D eigenvalue weighted by Crippen LogP contribution is 2.21. The molecule has 0 aromatic carbocycles. The number of hydrogen-bond acceptors (Lipinski definition) is 7. The maximum absolute atomic E-state index is 5.07. The van der Waals surface area contributed by atoms with E-state index < -0.39 is 0 Å². The van der Waals surface area contributed by atoms with Gasteiger partial charge in [0.1, 0.15) is 0 Å². The van der Waals surface area contributed by atoms with E-state index in [9.17, 15) is 0 Å². The van der Waals surface area contributed by atoms with Crippen LogP contribution >= 0.6 is 11.3 Å². The number of aromatic nitrogens is 4. The minimum Gasteiger partial charge on any atom is -0.481 e. The predicted octanol–water partition coefficient (Wildman–Crippen LogP) is 3.05. The monoisotopic (exact) mass is 327 g/mol. The summed E-state index contributed by atoms with van der Waals surface area (Å²) < 4.78 is 5.07. The Morgan fingerprint density at radius 2 is 2.00 bits per heavy atom. The van der Waals surface area contributed by atoms with Crippen molar-refractivity contribution < 1.29 is 4.74 Å². The largest absolute Gasteiger partial charge is 0.481 e. The molecule has 0 saturated carbocycles. The van der Waals surface area contributed by atoms with Gasteiger partial charge in [0.15, 0.2) is 0 Å². The fourth-order valence-electron chi connectivity index (χ4n) is 2.06. The number of ether oxygens (including phenoxy) is 1. The van der Waals surface area contributed by atoms with Crippen molar-refractivity contribution in [2.75, 3.05) is 19.0 Å². The van der Waals surface area contributed by atoms with Gasteiger partial charge in [0, 0.05) is 48.6 Å². The lowest BCUT2D eigenvalue weighted by molar-refractivity contribution is 0.397. The van der Waals surface area contributed by atoms with E-state index in [1.807, 2.05) is 12.1 Å². The number of hydrogen-bond donors (Lipinski definition) is 1. The standard InChI is InChI=1S/C16H17N5OS/c1-22-14-6-10-19-16(21-14)18-7-2-3-15-20-13(11-23-15)12-4-8-17-9-5-12/h4-6,8-11H,2-3,7H2,1H3,(H,18,19,21). The molecule has 0 spiro atoms. The fourth-order valence-corrected chi connectivity index (χ4v) is 2.91. The van der Waals surface area contributed by atoms with Crippen LogP contribution in [0.25, 0.3) is 11.3 Å². The molecule has 0 aliphatic heterocycles. The van der Waals surface area contributed by atoms with Crippen molar-refractivity contribution in [1.29, 1.82) is 0 Å². The highest BCUT2D eigenvalue weighted by Gasteiger charge is 2.04. The molecular formula is C16H17N5OS. The molecule has 0 fully saturated rings. The molecule has 0 amide bonds. The van der Waals surface area contributed by atoms with E-state index in [1.54, 1.807) is 43.1 Å². The summed E-state index contributed by atoms with van der Waals surface area (Å²) in [5, 5.41) is 6.41. The first-order valence-corrected chi connectivity index (χ1v) is 8.19. The van der Waals surface area contributed by atoms with Crippen molar-refractivity contribution in [2.45, 2.75) is 12.8 Å². The van der Waals surface area contributed by atoms with Gasteiger partial charge in [0.25, 0.3) is 0 Å². The molecule has 3 aromatic heterocycles. The van der Waals surface area contributed by atoms with Crippen LogP contribution in [0, 0.1) is 0 Å². The van der Waals surface area contributed by atoms with Crippen LogP contribution in [0.3, 0.4) is 0 Å². The minimum absolute atomic E-state index is 0.560. The van der Waals surface area contributed by atoms with E-state index >= 15 is 0 Å². The molecule has 3 rings (SSSR count). The van der Waals surface area contributed by atoms with Crippen LogP contribution < -0.4 is 10.1 Å². The van der Waals surface area contributed by atoms with Crippen LogP contribution in [0.1, 0.15) is 11.4 Å². The lowest BCUT2D eigenvalue weighted by Gasteiger charge is -2.04. The molecule has 0 unspecified atom stereocenters. The van der Waals surface area contributed by atoms with Crippen molar-refractivity contribution in [3.05, 3.63) is 47.2 Å². The Kier molecular flexibility index (Phi) is 5.10. The summed E-state index contributed by atoms with van der Waals surface area (Å²) >= 11 is 1.69. The number of methoxy groups -OCH3 is 1. The molecule has 0 aliphatic rings. The number of nitrogens with one attached hydrogen (secondary N) is 1. The van der Waals surface area contributed by atoms with Crippen LogP contribution in [0.5, 0.6) is 5.88 Å². The smallest absolute Gasteiger partial charge is 0.225 e. The lowest BCUT2D eigenvalue weighted by Crippen LogP contribution is -2.06. The summed E-state index contributed by atoms with van der Waals surface area (Å²) in [5.74, 6) is 1.14. The van der Waals surface area contributed by atoms with Crippen LogP contribution in [0.15, 0.2) is 42.2 Å². The van der Waals surface area contributed by atoms with E-state index in [1.165, 1.54) is 0 Å². The third-order valence-corrected chi connectivity index (χ3v) is 4.13. The Labute approximate surface area is 138 Å². The second-order valence-electron chi connectivity index (χ2n) is 4.82. The summed E-state index contributed by atoms with van der Waals surface area (Å²) in [6.45, 7) is 0.789. The molecule has 0 atom stereocenters. The number of aryl methyl sites for hydroxylation is 1. The molecule has 23 heavy (non-hydrogen) atoms. The molecule has 6 nitrogen and oxygen atoms in total. The van der Waals surface area contributed by atoms with Gasteiger partial charge in [-0.2, -0.15) is 4.98 Å². The third-order valence-electron chi connectivity index (χ3n) is 3.22. The van der Waals surface area contributed by atoms with E-state index in [0.29, 0.717) is 11.8 Å². The minimum atomic E-state index is 0.560. The number of anilines is 1. The maximum atomic E-state index is 5.07. The van der Waals surface area contributed by atoms with Gasteiger partial charge in [-0.3, -0.25) is 4.98 Å². The Hall–Kier alpha value is -2.54. The summed E-state index contributed by atoms with van der Waals surface area (Å²) in [6, 6.07) is 5.67. The van der Waals surface area contributed by atoms with Crippen LogP contribution in [-0.4, -0.2) is 33.6 Å². The van der Waals surface area contributed by atoms with Crippen molar-refractivity contribution in [3.8, 4) is 17.1 Å². The maximum Gasteiger partial charge on any atom is 0.225 e. The molecule has 0 aliphatic carbocycles. The molecule has 0 saturated heterocycles. The summed E-state index contributed by atoms with van der Waals surface area (Å²) in [5.41, 5.74) is 2.11. The predicted molar refractivity (Wildman–Crippen MR) is 90.7 cm³/mol. The Bertz CT molecular complexity index is 747. The highest BCUT2D eigenvalue weighted by molar-refractivity contribution is 7.09. The van der Waals surface area contributed by atoms with Crippen molar-refractivity contribution in [3.63, 3.8) is 0 Å². The first-order chi connectivity index (χ1) is 11.3. The van der Waals surface area contributed by atoms with Gasteiger partial charge in [0.05, 0.1) is 17.8 Å². The topological polar surface area (TPSA) is 72.8 Å². The number of thiazole rings is 1. The number of nitrogens with zero attached hydrogens (tertiary/aromatic N) is 4. The normalized spacial score (nSPS) is 10.5. The van der Waals surface area contributed by atoms with E-state index in [4.69, 9.17) is 4.74 Å². The molecule has 3 heterocycles. The summed E-state index contributed by atoms with van der Waals surface area (Å²) in [7, 11) is 1.59. The van der Waals surface area contributed by atoms with Crippen LogP contribution in [0.2, 0.25) is 0 Å². The van der Waals surface area contributed by atoms with Crippen molar-refractivity contribution >= 4 is 17.3 Å². The molecule has 0 radical (unpaired) electrons. The second kappa shape index (κ2) is 7.64. The van der Waals surface area contributed by atoms with E-state index in [2.05, 4.69) is 30.6 Å². The average molecular weight is 327 g/mol. The molecule has 118 valence electrons. The SMILES string of the molecule is COc1ccnc(NCCCc2nc(-c3ccncc3)cs2)n1. The van der Waals surface area contributed by atoms with Crippen LogP contribution in [-0.2, 0) is 6.42 Å². The zero-order valence-corrected chi connectivity index (χ0v) is 13.6. The highest BCUT2D eigenvalue weighted by atomic mass is 32.1. The second-order valence-corrected chi connectivity index (χ2v) is 5.76. The number of rotatable bonds is 7. The Morgan fingerprint density at radius 3 is 2.83 bits per heavy atom. The first-order valence-electron chi connectivity index (χ1n) is 7.31. The zero-order chi connectivity index (χ0) is 15.9. The zero-order valence-electron chi connectivity index (χ0n) is 12.8. The van der Waals surface area contributed by atoms with E-state index in [0.717, 1.165) is 35.7 Å². The van der Waals surface area contributed by atoms with Gasteiger partial charge >= 0.3 is 0 Å². The Balaban J connectivity index is 1.48. The van der Waals surface area contributed by atoms with Gasteiger partial charge in [-0.1, -0.05) is 0 Å². The van der Waals surface area contributed by atoms with Crippen molar-refractivity contribution in [1.82, 2.24) is 19.9 Å². The third kappa shape index (κ3) is 4.23. The molecule has 3 aromatic rings. The van der Waals surface area contributed by atoms with Crippen LogP contribution in [0.4, 0.5) is 5.95 Å². The van der Waals surface area contributed by atoms with Crippen molar-refractivity contribution in [2.24, 2.45) is 0 Å². The fraction of sp³-hybridized carbons (Fsp3) is 0.250. The van der Waals surface area contributed by atoms with Gasteiger partial charge in [0.2, 0.25) is 11.8 Å². The van der Waals surface area contributed by atoms with Gasteiger partial charge < -0.3 is 10.1 Å². The summed E-state index contributed by atoms with van der Waals surface area (Å²) in [4.78, 5) is 17.1. The van der Waals surface area contributed by atoms with Gasteiger partial charge in [-0.15, -0.1) is 11.3 Å². The molecule has 0 bridgehead atoms. The number of pyridine rings is 1. The Morgan fingerprint density at radius 1 is 1.13 bits per heavy atom. The van der Waals surface area contributed by atoms with E-state index in [-0.39, 0.29) is 0 Å². The quantitative estimate of drug-likeness (QED) is 0.672. The lowest BCUT2D eigenvalue weighted by atomic mass is 10.2. The molecule has 7 heteroatoms. The van der Waals surface area contributed by atoms with Gasteiger partial charge in [-0.05, 0) is 18.6 Å². The molecular weight excluding hydrogens is 310 g/mol. The first kappa shape index (κ1) is 15.4. The average Bonchev–Trinajstić information content (AvgIpc) is 3.09. The molecule has 1 N–H and O–H groups in total. The summed E-state index contributed by atoms with van der Waals surface area (Å²) in [6.07, 6.45) is 7.13.